The van der Waals surface area contributed by atoms with E-state index in [2.05, 4.69) is 5.32 Å². The Bertz CT molecular complexity index is 467. The normalized spacial score (nSPS) is 38.2. The maximum Gasteiger partial charge on any atom is 0.226 e. The van der Waals surface area contributed by atoms with Crippen LogP contribution in [0.3, 0.4) is 0 Å². The van der Waals surface area contributed by atoms with Crippen LogP contribution in [0, 0.1) is 23.2 Å². The first-order valence-electron chi connectivity index (χ1n) is 10.2. The third-order valence-electron chi connectivity index (χ3n) is 7.08. The molecule has 0 spiro atoms. The largest absolute Gasteiger partial charge is 0.356 e. The van der Waals surface area contributed by atoms with Gasteiger partial charge in [-0.3, -0.25) is 9.59 Å². The Kier molecular flexibility index (Phi) is 4.57. The summed E-state index contributed by atoms with van der Waals surface area (Å²) in [5, 5.41) is 3.23. The van der Waals surface area contributed by atoms with Crippen LogP contribution < -0.4 is 5.32 Å². The summed E-state index contributed by atoms with van der Waals surface area (Å²) in [5.41, 5.74) is -0.0345. The maximum absolute atomic E-state index is 12.9. The fourth-order valence-corrected chi connectivity index (χ4v) is 6.32. The van der Waals surface area contributed by atoms with Gasteiger partial charge in [-0.25, -0.2) is 0 Å². The van der Waals surface area contributed by atoms with Gasteiger partial charge in [0.15, 0.2) is 0 Å². The topological polar surface area (TPSA) is 49.4 Å². The van der Waals surface area contributed by atoms with E-state index in [4.69, 9.17) is 0 Å². The van der Waals surface area contributed by atoms with E-state index in [0.717, 1.165) is 75.9 Å². The summed E-state index contributed by atoms with van der Waals surface area (Å²) in [6, 6.07) is 0. The van der Waals surface area contributed by atoms with E-state index in [1.54, 1.807) is 0 Å². The van der Waals surface area contributed by atoms with Crippen LogP contribution in [0.15, 0.2) is 0 Å². The average Bonchev–Trinajstić information content (AvgIpc) is 2.74. The standard InChI is InChI=1S/C20H32N2O2/c23-18-5-2-1-3-7-22(18)8-4-6-21-19(24)20-12-15-9-16(13-20)11-17(10-15)14-20/h15-17H,1-14H2,(H,21,24). The Hall–Kier alpha value is -1.06. The van der Waals surface area contributed by atoms with Crippen LogP contribution in [0.1, 0.15) is 70.6 Å². The third kappa shape index (κ3) is 3.21. The SMILES string of the molecule is O=C1CCCCCN1CCCNC(=O)C12CC3CC(CC(C3)C1)C2. The summed E-state index contributed by atoms with van der Waals surface area (Å²) >= 11 is 0. The number of hydrogen-bond donors (Lipinski definition) is 1. The minimum atomic E-state index is -0.0345. The molecule has 0 aromatic rings. The van der Waals surface area contributed by atoms with E-state index in [9.17, 15) is 9.59 Å². The lowest BCUT2D eigenvalue weighted by molar-refractivity contribution is -0.146. The van der Waals surface area contributed by atoms with Crippen molar-refractivity contribution in [3.63, 3.8) is 0 Å². The van der Waals surface area contributed by atoms with E-state index in [0.29, 0.717) is 18.2 Å². The number of hydrogen-bond acceptors (Lipinski definition) is 2. The number of carbonyl (C=O) groups excluding carboxylic acids is 2. The van der Waals surface area contributed by atoms with E-state index >= 15 is 0 Å². The van der Waals surface area contributed by atoms with Gasteiger partial charge >= 0.3 is 0 Å². The highest BCUT2D eigenvalue weighted by Crippen LogP contribution is 2.60. The Labute approximate surface area is 145 Å². The first-order valence-corrected chi connectivity index (χ1v) is 10.2. The molecule has 1 saturated heterocycles. The van der Waals surface area contributed by atoms with Crippen molar-refractivity contribution in [3.8, 4) is 0 Å². The van der Waals surface area contributed by atoms with Gasteiger partial charge in [0.2, 0.25) is 11.8 Å². The van der Waals surface area contributed by atoms with Gasteiger partial charge in [0.05, 0.1) is 0 Å². The molecule has 134 valence electrons. The van der Waals surface area contributed by atoms with Crippen LogP contribution in [0.5, 0.6) is 0 Å². The molecule has 5 rings (SSSR count). The molecule has 0 unspecified atom stereocenters. The Morgan fingerprint density at radius 2 is 1.71 bits per heavy atom. The van der Waals surface area contributed by atoms with Crippen molar-refractivity contribution in [2.45, 2.75) is 70.6 Å². The van der Waals surface area contributed by atoms with E-state index in [1.807, 2.05) is 4.90 Å². The molecule has 4 nitrogen and oxygen atoms in total. The molecule has 5 aliphatic rings. The predicted molar refractivity (Wildman–Crippen MR) is 93.3 cm³/mol. The zero-order valence-corrected chi connectivity index (χ0v) is 14.9. The molecule has 4 aliphatic carbocycles. The van der Waals surface area contributed by atoms with Crippen molar-refractivity contribution in [2.24, 2.45) is 23.2 Å². The summed E-state index contributed by atoms with van der Waals surface area (Å²) in [6.45, 7) is 2.44. The number of nitrogens with zero attached hydrogens (tertiary/aromatic N) is 1. The smallest absolute Gasteiger partial charge is 0.226 e. The molecule has 2 amide bonds. The molecule has 4 bridgehead atoms. The minimum Gasteiger partial charge on any atom is -0.356 e. The molecule has 1 heterocycles. The van der Waals surface area contributed by atoms with Crippen LogP contribution >= 0.6 is 0 Å². The molecule has 0 atom stereocenters. The maximum atomic E-state index is 12.9. The van der Waals surface area contributed by atoms with Crippen molar-refractivity contribution in [1.29, 1.82) is 0 Å². The predicted octanol–water partition coefficient (Wildman–Crippen LogP) is 3.11. The van der Waals surface area contributed by atoms with Crippen molar-refractivity contribution in [3.05, 3.63) is 0 Å². The minimum absolute atomic E-state index is 0.0345. The van der Waals surface area contributed by atoms with Gasteiger partial charge in [-0.2, -0.15) is 0 Å². The lowest BCUT2D eigenvalue weighted by Gasteiger charge is -2.55. The van der Waals surface area contributed by atoms with Gasteiger partial charge in [-0.05, 0) is 75.5 Å². The summed E-state index contributed by atoms with van der Waals surface area (Å²) < 4.78 is 0. The molecule has 1 aliphatic heterocycles. The molecule has 0 radical (unpaired) electrons. The van der Waals surface area contributed by atoms with E-state index in [-0.39, 0.29) is 5.41 Å². The first kappa shape index (κ1) is 16.4. The molecular formula is C20H32N2O2. The van der Waals surface area contributed by atoms with Crippen LogP contribution in [0.2, 0.25) is 0 Å². The van der Waals surface area contributed by atoms with Crippen LogP contribution in [-0.2, 0) is 9.59 Å². The molecule has 0 aromatic carbocycles. The van der Waals surface area contributed by atoms with E-state index < -0.39 is 0 Å². The van der Waals surface area contributed by atoms with Crippen LogP contribution in [0.25, 0.3) is 0 Å². The van der Waals surface area contributed by atoms with Crippen molar-refractivity contribution in [2.75, 3.05) is 19.6 Å². The number of amides is 2. The molecule has 1 N–H and O–H groups in total. The number of likely N-dealkylation sites (tertiary alicyclic amines) is 1. The second-order valence-corrected chi connectivity index (χ2v) is 9.00. The van der Waals surface area contributed by atoms with Crippen LogP contribution in [-0.4, -0.2) is 36.3 Å². The zero-order valence-electron chi connectivity index (χ0n) is 14.9. The molecule has 24 heavy (non-hydrogen) atoms. The highest BCUT2D eigenvalue weighted by atomic mass is 16.2. The van der Waals surface area contributed by atoms with Gasteiger partial charge in [0, 0.05) is 31.5 Å². The molecule has 5 fully saturated rings. The Morgan fingerprint density at radius 1 is 1.04 bits per heavy atom. The van der Waals surface area contributed by atoms with Crippen molar-refractivity contribution < 1.29 is 9.59 Å². The third-order valence-corrected chi connectivity index (χ3v) is 7.08. The zero-order chi connectivity index (χ0) is 16.6. The van der Waals surface area contributed by atoms with Crippen LogP contribution in [0.4, 0.5) is 0 Å². The number of carbonyl (C=O) groups is 2. The summed E-state index contributed by atoms with van der Waals surface area (Å²) in [5.74, 6) is 3.08. The lowest BCUT2D eigenvalue weighted by Crippen LogP contribution is -2.53. The van der Waals surface area contributed by atoms with Gasteiger partial charge in [-0.1, -0.05) is 6.42 Å². The van der Waals surface area contributed by atoms with Gasteiger partial charge in [-0.15, -0.1) is 0 Å². The van der Waals surface area contributed by atoms with E-state index in [1.165, 1.54) is 25.7 Å². The second-order valence-electron chi connectivity index (χ2n) is 9.00. The molecule has 0 aromatic heterocycles. The van der Waals surface area contributed by atoms with Crippen molar-refractivity contribution in [1.82, 2.24) is 10.2 Å². The average molecular weight is 332 g/mol. The van der Waals surface area contributed by atoms with Gasteiger partial charge in [0.25, 0.3) is 0 Å². The second kappa shape index (κ2) is 6.68. The summed E-state index contributed by atoms with van der Waals surface area (Å²) in [6.07, 6.45) is 12.5. The molecular weight excluding hydrogens is 300 g/mol. The molecule has 4 saturated carbocycles. The van der Waals surface area contributed by atoms with Gasteiger partial charge < -0.3 is 10.2 Å². The quantitative estimate of drug-likeness (QED) is 0.787. The van der Waals surface area contributed by atoms with Gasteiger partial charge in [0.1, 0.15) is 0 Å². The molecule has 4 heteroatoms. The van der Waals surface area contributed by atoms with Crippen molar-refractivity contribution >= 4 is 11.8 Å². The monoisotopic (exact) mass is 332 g/mol. The highest BCUT2D eigenvalue weighted by Gasteiger charge is 2.54. The number of nitrogens with one attached hydrogen (secondary N) is 1. The first-order chi connectivity index (χ1) is 11.6. The fraction of sp³-hybridized carbons (Fsp3) is 0.900. The number of rotatable bonds is 5. The summed E-state index contributed by atoms with van der Waals surface area (Å²) in [7, 11) is 0. The lowest BCUT2D eigenvalue weighted by atomic mass is 9.49. The fourth-order valence-electron chi connectivity index (χ4n) is 6.32. The highest BCUT2D eigenvalue weighted by molar-refractivity contribution is 5.83. The Balaban J connectivity index is 1.24. The summed E-state index contributed by atoms with van der Waals surface area (Å²) in [4.78, 5) is 26.9. The Morgan fingerprint density at radius 3 is 2.38 bits per heavy atom.